The highest BCUT2D eigenvalue weighted by molar-refractivity contribution is 5.97. The van der Waals surface area contributed by atoms with Gasteiger partial charge in [-0.05, 0) is 72.7 Å². The second kappa shape index (κ2) is 14.0. The smallest absolute Gasteiger partial charge is 0.247 e. The third-order valence-electron chi connectivity index (χ3n) is 7.90. The maximum atomic E-state index is 14.1. The number of nitrogens with zero attached hydrogens (tertiary/aromatic N) is 2. The van der Waals surface area contributed by atoms with Crippen LogP contribution < -0.4 is 15.0 Å². The van der Waals surface area contributed by atoms with Crippen molar-refractivity contribution in [3.63, 3.8) is 0 Å². The summed E-state index contributed by atoms with van der Waals surface area (Å²) >= 11 is 0. The molecule has 7 nitrogen and oxygen atoms in total. The third kappa shape index (κ3) is 7.55. The Bertz CT molecular complexity index is 1300. The lowest BCUT2D eigenvalue weighted by Gasteiger charge is -2.37. The molecule has 1 N–H and O–H groups in total. The molecule has 0 saturated carbocycles. The van der Waals surface area contributed by atoms with Crippen molar-refractivity contribution in [3.8, 4) is 5.75 Å². The molecule has 1 fully saturated rings. The summed E-state index contributed by atoms with van der Waals surface area (Å²) in [5.74, 6) is 0.553. The highest BCUT2D eigenvalue weighted by Gasteiger charge is 2.36. The Balaban J connectivity index is 1.41. The zero-order chi connectivity index (χ0) is 28.4. The van der Waals surface area contributed by atoms with Gasteiger partial charge in [-0.15, -0.1) is 0 Å². The summed E-state index contributed by atoms with van der Waals surface area (Å²) < 4.78 is 10.8. The van der Waals surface area contributed by atoms with Crippen molar-refractivity contribution in [2.75, 3.05) is 43.6 Å². The van der Waals surface area contributed by atoms with Gasteiger partial charge in [0.1, 0.15) is 11.8 Å². The number of hydrogen-bond donors (Lipinski definition) is 1. The number of anilines is 2. The van der Waals surface area contributed by atoms with Crippen LogP contribution in [0.3, 0.4) is 0 Å². The van der Waals surface area contributed by atoms with E-state index in [1.807, 2.05) is 78.9 Å². The number of hydrogen-bond acceptors (Lipinski definition) is 5. The zero-order valence-corrected chi connectivity index (χ0v) is 23.7. The Morgan fingerprint density at radius 3 is 2.34 bits per heavy atom. The summed E-state index contributed by atoms with van der Waals surface area (Å²) in [4.78, 5) is 32.2. The van der Waals surface area contributed by atoms with Crippen LogP contribution in [-0.2, 0) is 27.3 Å². The lowest BCUT2D eigenvalue weighted by molar-refractivity contribution is -0.141. The molecule has 2 unspecified atom stereocenters. The lowest BCUT2D eigenvalue weighted by Crippen LogP contribution is -2.51. The van der Waals surface area contributed by atoms with Gasteiger partial charge >= 0.3 is 0 Å². The minimum Gasteiger partial charge on any atom is -0.497 e. The fourth-order valence-electron chi connectivity index (χ4n) is 5.65. The van der Waals surface area contributed by atoms with Gasteiger partial charge in [0, 0.05) is 31.0 Å². The molecule has 5 rings (SSSR count). The van der Waals surface area contributed by atoms with Crippen molar-refractivity contribution in [3.05, 3.63) is 102 Å². The number of carbonyl (C=O) groups excluding carboxylic acids is 2. The number of rotatable bonds is 10. The zero-order valence-electron chi connectivity index (χ0n) is 23.7. The van der Waals surface area contributed by atoms with E-state index in [1.54, 1.807) is 12.0 Å². The molecule has 0 bridgehead atoms. The van der Waals surface area contributed by atoms with Crippen molar-refractivity contribution in [2.24, 2.45) is 5.92 Å². The maximum absolute atomic E-state index is 14.1. The first kappa shape index (κ1) is 28.4. The van der Waals surface area contributed by atoms with Crippen molar-refractivity contribution in [1.82, 2.24) is 4.90 Å². The van der Waals surface area contributed by atoms with Crippen LogP contribution in [-0.4, -0.2) is 56.2 Å². The number of allylic oxidation sites excluding steroid dienone is 2. The van der Waals surface area contributed by atoms with E-state index >= 15 is 0 Å². The molecule has 214 valence electrons. The van der Waals surface area contributed by atoms with Crippen molar-refractivity contribution < 1.29 is 19.1 Å². The van der Waals surface area contributed by atoms with Gasteiger partial charge in [-0.2, -0.15) is 0 Å². The van der Waals surface area contributed by atoms with Gasteiger partial charge in [0.2, 0.25) is 11.8 Å². The van der Waals surface area contributed by atoms with E-state index in [2.05, 4.69) is 22.4 Å². The normalized spacial score (nSPS) is 17.5. The number of nitrogens with one attached hydrogen (secondary N) is 1. The van der Waals surface area contributed by atoms with E-state index in [0.29, 0.717) is 6.54 Å². The summed E-state index contributed by atoms with van der Waals surface area (Å²) in [7, 11) is 1.63. The van der Waals surface area contributed by atoms with E-state index in [0.717, 1.165) is 73.8 Å². The molecule has 3 aromatic rings. The first-order chi connectivity index (χ1) is 20.1. The number of methoxy groups -OCH3 is 1. The van der Waals surface area contributed by atoms with Crippen LogP contribution in [0, 0.1) is 5.92 Å². The largest absolute Gasteiger partial charge is 0.497 e. The van der Waals surface area contributed by atoms with Crippen LogP contribution >= 0.6 is 0 Å². The number of amides is 2. The molecule has 2 atom stereocenters. The number of carbonyl (C=O) groups is 2. The van der Waals surface area contributed by atoms with E-state index in [-0.39, 0.29) is 24.2 Å². The van der Waals surface area contributed by atoms with Gasteiger partial charge in [-0.1, -0.05) is 54.6 Å². The summed E-state index contributed by atoms with van der Waals surface area (Å²) in [5.41, 5.74) is 3.72. The fraction of sp³-hybridized carbons (Fsp3) is 0.353. The molecule has 3 aromatic carbocycles. The topological polar surface area (TPSA) is 71.1 Å². The molecular weight excluding hydrogens is 514 g/mol. The molecule has 2 amide bonds. The molecule has 1 aliphatic carbocycles. The Morgan fingerprint density at radius 1 is 0.951 bits per heavy atom. The highest BCUT2D eigenvalue weighted by atomic mass is 16.5. The van der Waals surface area contributed by atoms with Crippen molar-refractivity contribution in [1.29, 1.82) is 0 Å². The molecule has 0 aromatic heterocycles. The molecule has 2 aliphatic rings. The standard InChI is InChI=1S/C34H39N3O4/c1-40-31-18-12-27(13-19-31)25-37(32(38)24-26-8-4-2-5-9-26)33(28-10-6-3-7-11-28)34(39)35-29-14-16-30(17-15-29)36-20-22-41-23-21-36/h2-6,8-9,12-19,28,33H,7,10-11,20-25H2,1H3,(H,35,39). The number of ether oxygens (including phenoxy) is 2. The second-order valence-electron chi connectivity index (χ2n) is 10.7. The van der Waals surface area contributed by atoms with Gasteiger partial charge in [0.05, 0.1) is 26.7 Å². The minimum absolute atomic E-state index is 0.0191. The van der Waals surface area contributed by atoms with Crippen molar-refractivity contribution in [2.45, 2.75) is 38.3 Å². The molecule has 41 heavy (non-hydrogen) atoms. The van der Waals surface area contributed by atoms with Gasteiger partial charge in [0.25, 0.3) is 0 Å². The Morgan fingerprint density at radius 2 is 1.68 bits per heavy atom. The Kier molecular flexibility index (Phi) is 9.70. The molecule has 0 spiro atoms. The van der Waals surface area contributed by atoms with E-state index in [9.17, 15) is 9.59 Å². The van der Waals surface area contributed by atoms with Gasteiger partial charge in [-0.3, -0.25) is 9.59 Å². The summed E-state index contributed by atoms with van der Waals surface area (Å²) in [5, 5.41) is 3.15. The van der Waals surface area contributed by atoms with Crippen molar-refractivity contribution >= 4 is 23.2 Å². The average molecular weight is 554 g/mol. The van der Waals surface area contributed by atoms with Gasteiger partial charge < -0.3 is 24.6 Å². The fourth-order valence-corrected chi connectivity index (χ4v) is 5.65. The molecular formula is C34H39N3O4. The molecule has 7 heteroatoms. The lowest BCUT2D eigenvalue weighted by atomic mass is 9.85. The van der Waals surface area contributed by atoms with E-state index in [1.165, 1.54) is 0 Å². The van der Waals surface area contributed by atoms with Crippen LogP contribution in [0.1, 0.15) is 30.4 Å². The van der Waals surface area contributed by atoms with E-state index in [4.69, 9.17) is 9.47 Å². The van der Waals surface area contributed by atoms with Crippen LogP contribution in [0.5, 0.6) is 5.75 Å². The first-order valence-electron chi connectivity index (χ1n) is 14.5. The van der Waals surface area contributed by atoms with Gasteiger partial charge in [-0.25, -0.2) is 0 Å². The van der Waals surface area contributed by atoms with Gasteiger partial charge in [0.15, 0.2) is 0 Å². The highest BCUT2D eigenvalue weighted by Crippen LogP contribution is 2.29. The minimum atomic E-state index is -0.614. The molecule has 1 aliphatic heterocycles. The summed E-state index contributed by atoms with van der Waals surface area (Å²) in [6.45, 7) is 3.48. The average Bonchev–Trinajstić information content (AvgIpc) is 3.03. The van der Waals surface area contributed by atoms with Crippen LogP contribution in [0.25, 0.3) is 0 Å². The third-order valence-corrected chi connectivity index (χ3v) is 7.90. The molecule has 0 radical (unpaired) electrons. The molecule has 1 heterocycles. The maximum Gasteiger partial charge on any atom is 0.247 e. The van der Waals surface area contributed by atoms with Crippen LogP contribution in [0.2, 0.25) is 0 Å². The number of morpholine rings is 1. The molecule has 1 saturated heterocycles. The van der Waals surface area contributed by atoms with Crippen LogP contribution in [0.15, 0.2) is 91.0 Å². The summed E-state index contributed by atoms with van der Waals surface area (Å²) in [6, 6.07) is 24.8. The monoisotopic (exact) mass is 553 g/mol. The van der Waals surface area contributed by atoms with Crippen LogP contribution in [0.4, 0.5) is 11.4 Å². The number of benzene rings is 3. The quantitative estimate of drug-likeness (QED) is 0.338. The second-order valence-corrected chi connectivity index (χ2v) is 10.7. The van der Waals surface area contributed by atoms with E-state index < -0.39 is 6.04 Å². The predicted molar refractivity (Wildman–Crippen MR) is 162 cm³/mol. The first-order valence-corrected chi connectivity index (χ1v) is 14.5. The predicted octanol–water partition coefficient (Wildman–Crippen LogP) is 5.47. The summed E-state index contributed by atoms with van der Waals surface area (Å²) in [6.07, 6.45) is 7.03. The SMILES string of the molecule is COc1ccc(CN(C(=O)Cc2ccccc2)C(C(=O)Nc2ccc(N3CCOCC3)cc2)C2CC=CCC2)cc1. The Hall–Kier alpha value is -4.10. The Labute approximate surface area is 242 Å².